The van der Waals surface area contributed by atoms with Gasteiger partial charge >= 0.3 is 0 Å². The summed E-state index contributed by atoms with van der Waals surface area (Å²) in [5.74, 6) is 0.512. The molecule has 2 N–H and O–H groups in total. The van der Waals surface area contributed by atoms with Gasteiger partial charge in [0.2, 0.25) is 15.9 Å². The fourth-order valence-electron chi connectivity index (χ4n) is 4.36. The van der Waals surface area contributed by atoms with Crippen molar-refractivity contribution in [1.82, 2.24) is 14.5 Å². The van der Waals surface area contributed by atoms with Crippen molar-refractivity contribution in [1.29, 1.82) is 0 Å². The van der Waals surface area contributed by atoms with Crippen molar-refractivity contribution < 1.29 is 27.8 Å². The van der Waals surface area contributed by atoms with Gasteiger partial charge in [-0.05, 0) is 49.1 Å². The third-order valence-corrected chi connectivity index (χ3v) is 8.56. The second-order valence-electron chi connectivity index (χ2n) is 9.22. The largest absolute Gasteiger partial charge is 0.497 e. The normalized spacial score (nSPS) is 18.1. The molecule has 0 spiro atoms. The van der Waals surface area contributed by atoms with E-state index in [9.17, 15) is 18.3 Å². The zero-order valence-corrected chi connectivity index (χ0v) is 21.4. The Hall–Kier alpha value is -2.50. The molecule has 1 amide bonds. The SMILES string of the molecule is COc1ccc(S(=O)(=O)N(C[C@@H](O)[C@H](Cc2ccccc2)NCC(=O)N2CCOCC2)C2CC2)cc1. The van der Waals surface area contributed by atoms with Gasteiger partial charge < -0.3 is 24.8 Å². The quantitative estimate of drug-likeness (QED) is 0.437. The Kier molecular flexibility index (Phi) is 8.97. The second-order valence-corrected chi connectivity index (χ2v) is 11.1. The molecular formula is C26H35N3O6S. The lowest BCUT2D eigenvalue weighted by Crippen LogP contribution is -2.52. The predicted octanol–water partition coefficient (Wildman–Crippen LogP) is 1.27. The molecule has 2 aromatic carbocycles. The van der Waals surface area contributed by atoms with Crippen LogP contribution in [0, 0.1) is 0 Å². The lowest BCUT2D eigenvalue weighted by Gasteiger charge is -2.31. The van der Waals surface area contributed by atoms with Crippen molar-refractivity contribution in [2.45, 2.75) is 42.3 Å². The lowest BCUT2D eigenvalue weighted by molar-refractivity contribution is -0.134. The van der Waals surface area contributed by atoms with Gasteiger partial charge in [-0.3, -0.25) is 4.79 Å². The van der Waals surface area contributed by atoms with Gasteiger partial charge in [-0.1, -0.05) is 30.3 Å². The number of carbonyl (C=O) groups is 1. The summed E-state index contributed by atoms with van der Waals surface area (Å²) in [6.07, 6.45) is 0.957. The highest BCUT2D eigenvalue weighted by Gasteiger charge is 2.40. The van der Waals surface area contributed by atoms with Crippen molar-refractivity contribution in [2.24, 2.45) is 0 Å². The van der Waals surface area contributed by atoms with E-state index in [1.165, 1.54) is 23.5 Å². The molecular weight excluding hydrogens is 482 g/mol. The lowest BCUT2D eigenvalue weighted by atomic mass is 10.0. The summed E-state index contributed by atoms with van der Waals surface area (Å²) in [6.45, 7) is 2.12. The third kappa shape index (κ3) is 6.83. The number of nitrogens with one attached hydrogen (secondary N) is 1. The van der Waals surface area contributed by atoms with Crippen molar-refractivity contribution in [3.63, 3.8) is 0 Å². The van der Waals surface area contributed by atoms with Crippen LogP contribution in [0.15, 0.2) is 59.5 Å². The molecule has 1 saturated carbocycles. The molecule has 36 heavy (non-hydrogen) atoms. The average Bonchev–Trinajstić information content (AvgIpc) is 3.75. The smallest absolute Gasteiger partial charge is 0.243 e. The van der Waals surface area contributed by atoms with Crippen LogP contribution in [0.5, 0.6) is 5.75 Å². The fraction of sp³-hybridized carbons (Fsp3) is 0.500. The van der Waals surface area contributed by atoms with E-state index >= 15 is 0 Å². The maximum absolute atomic E-state index is 13.5. The molecule has 1 aliphatic carbocycles. The number of methoxy groups -OCH3 is 1. The zero-order valence-electron chi connectivity index (χ0n) is 20.6. The Morgan fingerprint density at radius 3 is 2.42 bits per heavy atom. The van der Waals surface area contributed by atoms with E-state index in [0.717, 1.165) is 18.4 Å². The summed E-state index contributed by atoms with van der Waals surface area (Å²) in [5.41, 5.74) is 0.990. The number of hydrogen-bond acceptors (Lipinski definition) is 7. The Morgan fingerprint density at radius 1 is 1.14 bits per heavy atom. The molecule has 0 bridgehead atoms. The number of nitrogens with zero attached hydrogens (tertiary/aromatic N) is 2. The molecule has 2 aliphatic rings. The van der Waals surface area contributed by atoms with Crippen molar-refractivity contribution in [3.05, 3.63) is 60.2 Å². The molecule has 0 unspecified atom stereocenters. The maximum Gasteiger partial charge on any atom is 0.243 e. The summed E-state index contributed by atoms with van der Waals surface area (Å²) in [5, 5.41) is 14.5. The van der Waals surface area contributed by atoms with Crippen LogP contribution in [-0.2, 0) is 26.0 Å². The average molecular weight is 518 g/mol. The van der Waals surface area contributed by atoms with Gasteiger partial charge in [0, 0.05) is 31.7 Å². The van der Waals surface area contributed by atoms with E-state index in [1.807, 2.05) is 30.3 Å². The molecule has 10 heteroatoms. The summed E-state index contributed by atoms with van der Waals surface area (Å²) in [7, 11) is -2.28. The van der Waals surface area contributed by atoms with E-state index in [2.05, 4.69) is 5.32 Å². The molecule has 0 aromatic heterocycles. The van der Waals surface area contributed by atoms with Crippen LogP contribution >= 0.6 is 0 Å². The van der Waals surface area contributed by atoms with Crippen LogP contribution in [0.3, 0.4) is 0 Å². The van der Waals surface area contributed by atoms with Gasteiger partial charge in [-0.2, -0.15) is 4.31 Å². The molecule has 2 aromatic rings. The molecule has 9 nitrogen and oxygen atoms in total. The fourth-order valence-corrected chi connectivity index (χ4v) is 6.06. The number of hydrogen-bond donors (Lipinski definition) is 2. The standard InChI is InChI=1S/C26H35N3O6S/c1-34-22-9-11-23(12-10-22)36(32,33)29(21-7-8-21)19-25(30)24(17-20-5-3-2-4-6-20)27-18-26(31)28-13-15-35-16-14-28/h2-6,9-12,21,24-25,27,30H,7-8,13-19H2,1H3/t24-,25+/m0/s1. The minimum absolute atomic E-state index is 0.0587. The van der Waals surface area contributed by atoms with Crippen molar-refractivity contribution in [3.8, 4) is 5.75 Å². The van der Waals surface area contributed by atoms with Crippen LogP contribution in [0.4, 0.5) is 0 Å². The van der Waals surface area contributed by atoms with Gasteiger partial charge in [-0.15, -0.1) is 0 Å². The number of ether oxygens (including phenoxy) is 2. The van der Waals surface area contributed by atoms with Gasteiger partial charge in [0.1, 0.15) is 5.75 Å². The van der Waals surface area contributed by atoms with Gasteiger partial charge in [-0.25, -0.2) is 8.42 Å². The Balaban J connectivity index is 1.48. The van der Waals surface area contributed by atoms with Gasteiger partial charge in [0.15, 0.2) is 0 Å². The first-order chi connectivity index (χ1) is 17.4. The third-order valence-electron chi connectivity index (χ3n) is 6.63. The summed E-state index contributed by atoms with van der Waals surface area (Å²) >= 11 is 0. The minimum Gasteiger partial charge on any atom is -0.497 e. The summed E-state index contributed by atoms with van der Waals surface area (Å²) in [6, 6.07) is 15.3. The van der Waals surface area contributed by atoms with Crippen LogP contribution in [0.25, 0.3) is 0 Å². The number of aliphatic hydroxyl groups excluding tert-OH is 1. The molecule has 196 valence electrons. The van der Waals surface area contributed by atoms with Gasteiger partial charge in [0.25, 0.3) is 0 Å². The number of amides is 1. The topological polar surface area (TPSA) is 108 Å². The highest BCUT2D eigenvalue weighted by molar-refractivity contribution is 7.89. The first kappa shape index (κ1) is 26.6. The maximum atomic E-state index is 13.5. The van der Waals surface area contributed by atoms with E-state index < -0.39 is 22.2 Å². The molecule has 0 radical (unpaired) electrons. The minimum atomic E-state index is -3.81. The van der Waals surface area contributed by atoms with Crippen molar-refractivity contribution >= 4 is 15.9 Å². The number of aliphatic hydroxyl groups is 1. The molecule has 2 atom stereocenters. The second kappa shape index (κ2) is 12.2. The first-order valence-corrected chi connectivity index (χ1v) is 13.8. The predicted molar refractivity (Wildman–Crippen MR) is 135 cm³/mol. The molecule has 1 heterocycles. The number of rotatable bonds is 12. The molecule has 4 rings (SSSR count). The van der Waals surface area contributed by atoms with E-state index in [1.54, 1.807) is 17.0 Å². The molecule has 1 saturated heterocycles. The van der Waals surface area contributed by atoms with Crippen LogP contribution in [-0.4, -0.2) is 93.3 Å². The Bertz CT molecular complexity index is 1090. The summed E-state index contributed by atoms with van der Waals surface area (Å²) in [4.78, 5) is 14.6. The number of carbonyl (C=O) groups excluding carboxylic acids is 1. The van der Waals surface area contributed by atoms with Crippen LogP contribution in [0.1, 0.15) is 18.4 Å². The molecule has 2 fully saturated rings. The number of benzene rings is 2. The Labute approximate surface area is 213 Å². The number of sulfonamides is 1. The monoisotopic (exact) mass is 517 g/mol. The zero-order chi connectivity index (χ0) is 25.5. The van der Waals surface area contributed by atoms with Gasteiger partial charge in [0.05, 0.1) is 37.9 Å². The van der Waals surface area contributed by atoms with E-state index in [4.69, 9.17) is 9.47 Å². The summed E-state index contributed by atoms with van der Waals surface area (Å²) < 4.78 is 38.8. The van der Waals surface area contributed by atoms with E-state index in [0.29, 0.717) is 38.5 Å². The van der Waals surface area contributed by atoms with Crippen LogP contribution in [0.2, 0.25) is 0 Å². The molecule has 1 aliphatic heterocycles. The van der Waals surface area contributed by atoms with E-state index in [-0.39, 0.29) is 29.9 Å². The first-order valence-electron chi connectivity index (χ1n) is 12.4. The highest BCUT2D eigenvalue weighted by Crippen LogP contribution is 2.33. The van der Waals surface area contributed by atoms with Crippen LogP contribution < -0.4 is 10.1 Å². The van der Waals surface area contributed by atoms with Crippen molar-refractivity contribution in [2.75, 3.05) is 46.5 Å². The number of morpholine rings is 1. The highest BCUT2D eigenvalue weighted by atomic mass is 32.2. The Morgan fingerprint density at radius 2 is 1.81 bits per heavy atom.